The molecule has 0 bridgehead atoms. The summed E-state index contributed by atoms with van der Waals surface area (Å²) < 4.78 is 19.8. The number of hydrogen-bond donors (Lipinski definition) is 0. The molecule has 140 valence electrons. The summed E-state index contributed by atoms with van der Waals surface area (Å²) in [6, 6.07) is 9.62. The fourth-order valence-corrected chi connectivity index (χ4v) is 2.08. The quantitative estimate of drug-likeness (QED) is 0.394. The second-order valence-corrected chi connectivity index (χ2v) is 5.25. The Morgan fingerprint density at radius 2 is 1.28 bits per heavy atom. The van der Waals surface area contributed by atoms with Gasteiger partial charge in [-0.25, -0.2) is 0 Å². The van der Waals surface area contributed by atoms with Gasteiger partial charge in [0.2, 0.25) is 0 Å². The van der Waals surface area contributed by atoms with Crippen molar-refractivity contribution in [2.75, 3.05) is 58.6 Å². The van der Waals surface area contributed by atoms with Gasteiger partial charge in [0.25, 0.3) is 0 Å². The third-order valence-corrected chi connectivity index (χ3v) is 3.39. The van der Waals surface area contributed by atoms with E-state index in [4.69, 9.17) is 18.9 Å². The summed E-state index contributed by atoms with van der Waals surface area (Å²) in [5.41, 5.74) is 0.942. The number of hydrogen-bond acceptors (Lipinski definition) is 7. The highest BCUT2D eigenvalue weighted by Crippen LogP contribution is 2.14. The molecule has 0 N–H and O–H groups in total. The van der Waals surface area contributed by atoms with Crippen molar-refractivity contribution in [3.63, 3.8) is 0 Å². The van der Waals surface area contributed by atoms with E-state index in [1.54, 1.807) is 14.2 Å². The summed E-state index contributed by atoms with van der Waals surface area (Å²) in [5, 5.41) is 0. The molecule has 1 aromatic carbocycles. The summed E-state index contributed by atoms with van der Waals surface area (Å²) in [6.07, 6.45) is 0.467. The lowest BCUT2D eigenvalue weighted by atomic mass is 10.2. The second-order valence-electron chi connectivity index (χ2n) is 5.25. The Hall–Kier alpha value is -2.12. The van der Waals surface area contributed by atoms with E-state index in [9.17, 15) is 9.59 Å². The van der Waals surface area contributed by atoms with Crippen LogP contribution in [0.15, 0.2) is 30.3 Å². The van der Waals surface area contributed by atoms with Gasteiger partial charge in [-0.1, -0.05) is 18.2 Å². The zero-order chi connectivity index (χ0) is 18.3. The Morgan fingerprint density at radius 3 is 1.72 bits per heavy atom. The monoisotopic (exact) mass is 353 g/mol. The Morgan fingerprint density at radius 1 is 0.800 bits per heavy atom. The standard InChI is InChI=1S/C18H27NO6/c1-22-12-14-24-17(20)8-10-19(16-6-4-3-5-7-16)11-9-18(21)25-15-13-23-2/h3-7H,8-15H2,1-2H3. The van der Waals surface area contributed by atoms with Crippen LogP contribution in [-0.2, 0) is 28.5 Å². The first-order chi connectivity index (χ1) is 12.2. The van der Waals surface area contributed by atoms with Crippen molar-refractivity contribution in [3.05, 3.63) is 30.3 Å². The van der Waals surface area contributed by atoms with Gasteiger partial charge in [0.1, 0.15) is 13.2 Å². The van der Waals surface area contributed by atoms with E-state index in [2.05, 4.69) is 0 Å². The van der Waals surface area contributed by atoms with Gasteiger partial charge in [0, 0.05) is 33.0 Å². The lowest BCUT2D eigenvalue weighted by Gasteiger charge is -2.24. The van der Waals surface area contributed by atoms with Crippen molar-refractivity contribution in [1.82, 2.24) is 0 Å². The average Bonchev–Trinajstić information content (AvgIpc) is 2.63. The van der Waals surface area contributed by atoms with E-state index in [-0.39, 0.29) is 38.0 Å². The molecule has 0 aliphatic heterocycles. The molecule has 0 fully saturated rings. The van der Waals surface area contributed by atoms with Gasteiger partial charge in [-0.15, -0.1) is 0 Å². The van der Waals surface area contributed by atoms with Crippen LogP contribution in [0.2, 0.25) is 0 Å². The molecule has 7 heteroatoms. The van der Waals surface area contributed by atoms with Crippen molar-refractivity contribution >= 4 is 17.6 Å². The normalized spacial score (nSPS) is 10.3. The van der Waals surface area contributed by atoms with Crippen LogP contribution in [0.5, 0.6) is 0 Å². The zero-order valence-corrected chi connectivity index (χ0v) is 14.9. The van der Waals surface area contributed by atoms with Crippen LogP contribution >= 0.6 is 0 Å². The molecule has 25 heavy (non-hydrogen) atoms. The molecule has 0 spiro atoms. The first kappa shape index (κ1) is 20.9. The summed E-state index contributed by atoms with van der Waals surface area (Å²) >= 11 is 0. The number of benzene rings is 1. The Labute approximate surface area is 148 Å². The number of anilines is 1. The molecule has 0 radical (unpaired) electrons. The van der Waals surface area contributed by atoms with Crippen LogP contribution in [0.3, 0.4) is 0 Å². The number of carbonyl (C=O) groups excluding carboxylic acids is 2. The first-order valence-corrected chi connectivity index (χ1v) is 8.26. The number of ether oxygens (including phenoxy) is 4. The van der Waals surface area contributed by atoms with Crippen molar-refractivity contribution in [3.8, 4) is 0 Å². The SMILES string of the molecule is COCCOC(=O)CCN(CCC(=O)OCCOC)c1ccccc1. The maximum atomic E-state index is 11.8. The maximum Gasteiger partial charge on any atom is 0.307 e. The van der Waals surface area contributed by atoms with Gasteiger partial charge in [-0.05, 0) is 12.1 Å². The summed E-state index contributed by atoms with van der Waals surface area (Å²) in [6.45, 7) is 2.16. The highest BCUT2D eigenvalue weighted by Gasteiger charge is 2.12. The maximum absolute atomic E-state index is 11.8. The molecule has 0 saturated heterocycles. The largest absolute Gasteiger partial charge is 0.463 e. The molecular formula is C18H27NO6. The van der Waals surface area contributed by atoms with Gasteiger partial charge in [-0.3, -0.25) is 9.59 Å². The molecule has 0 unspecified atom stereocenters. The van der Waals surface area contributed by atoms with Gasteiger partial charge in [0.15, 0.2) is 0 Å². The lowest BCUT2D eigenvalue weighted by molar-refractivity contribution is -0.145. The van der Waals surface area contributed by atoms with Crippen molar-refractivity contribution in [1.29, 1.82) is 0 Å². The van der Waals surface area contributed by atoms with E-state index in [0.717, 1.165) is 5.69 Å². The molecule has 0 heterocycles. The minimum atomic E-state index is -0.291. The molecule has 0 aliphatic carbocycles. The van der Waals surface area contributed by atoms with Crippen molar-refractivity contribution < 1.29 is 28.5 Å². The van der Waals surface area contributed by atoms with Crippen LogP contribution in [0.4, 0.5) is 5.69 Å². The molecule has 0 atom stereocenters. The second kappa shape index (κ2) is 13.2. The number of nitrogens with zero attached hydrogens (tertiary/aromatic N) is 1. The Balaban J connectivity index is 2.47. The molecular weight excluding hydrogens is 326 g/mol. The van der Waals surface area contributed by atoms with Crippen LogP contribution < -0.4 is 4.90 Å². The van der Waals surface area contributed by atoms with Crippen LogP contribution in [0.1, 0.15) is 12.8 Å². The number of rotatable bonds is 13. The smallest absolute Gasteiger partial charge is 0.307 e. The fourth-order valence-electron chi connectivity index (χ4n) is 2.08. The van der Waals surface area contributed by atoms with E-state index in [1.165, 1.54) is 0 Å². The molecule has 7 nitrogen and oxygen atoms in total. The third kappa shape index (κ3) is 9.69. The first-order valence-electron chi connectivity index (χ1n) is 8.26. The highest BCUT2D eigenvalue weighted by atomic mass is 16.6. The number of para-hydroxylation sites is 1. The summed E-state index contributed by atoms with van der Waals surface area (Å²) in [5.74, 6) is -0.582. The van der Waals surface area contributed by atoms with E-state index in [0.29, 0.717) is 26.3 Å². The minimum absolute atomic E-state index is 0.233. The van der Waals surface area contributed by atoms with Gasteiger partial charge < -0.3 is 23.8 Å². The minimum Gasteiger partial charge on any atom is -0.463 e. The molecule has 0 amide bonds. The van der Waals surface area contributed by atoms with Gasteiger partial charge in [-0.2, -0.15) is 0 Å². The lowest BCUT2D eigenvalue weighted by Crippen LogP contribution is -2.29. The van der Waals surface area contributed by atoms with Gasteiger partial charge >= 0.3 is 11.9 Å². The van der Waals surface area contributed by atoms with Crippen LogP contribution in [0.25, 0.3) is 0 Å². The number of esters is 2. The molecule has 0 saturated carbocycles. The molecule has 1 rings (SSSR count). The molecule has 0 aromatic heterocycles. The van der Waals surface area contributed by atoms with Crippen molar-refractivity contribution in [2.45, 2.75) is 12.8 Å². The fraction of sp³-hybridized carbons (Fsp3) is 0.556. The summed E-state index contributed by atoms with van der Waals surface area (Å²) in [7, 11) is 3.10. The Bertz CT molecular complexity index is 468. The number of carbonyl (C=O) groups is 2. The van der Waals surface area contributed by atoms with E-state index >= 15 is 0 Å². The zero-order valence-electron chi connectivity index (χ0n) is 14.9. The predicted octanol–water partition coefficient (Wildman–Crippen LogP) is 1.65. The average molecular weight is 353 g/mol. The Kier molecular flexibility index (Phi) is 11.0. The highest BCUT2D eigenvalue weighted by molar-refractivity contribution is 5.71. The molecule has 0 aliphatic rings. The topological polar surface area (TPSA) is 74.3 Å². The van der Waals surface area contributed by atoms with E-state index in [1.807, 2.05) is 35.2 Å². The number of methoxy groups -OCH3 is 2. The van der Waals surface area contributed by atoms with Crippen molar-refractivity contribution in [2.24, 2.45) is 0 Å². The van der Waals surface area contributed by atoms with E-state index < -0.39 is 0 Å². The van der Waals surface area contributed by atoms with Gasteiger partial charge in [0.05, 0.1) is 26.1 Å². The summed E-state index contributed by atoms with van der Waals surface area (Å²) in [4.78, 5) is 25.5. The van der Waals surface area contributed by atoms with Crippen LogP contribution in [0, 0.1) is 0 Å². The van der Waals surface area contributed by atoms with Crippen LogP contribution in [-0.4, -0.2) is 65.7 Å². The molecule has 1 aromatic rings. The predicted molar refractivity (Wildman–Crippen MR) is 93.6 cm³/mol. The third-order valence-electron chi connectivity index (χ3n) is 3.39.